The molecule has 1 saturated heterocycles. The van der Waals surface area contributed by atoms with Crippen molar-refractivity contribution in [3.05, 3.63) is 71.7 Å². The Morgan fingerprint density at radius 2 is 1.39 bits per heavy atom. The lowest BCUT2D eigenvalue weighted by molar-refractivity contribution is 0.427. The SMILES string of the molecule is C/C(=C(\C#N)P(c1ccccc1)c1ccccc1)N1CCCC1. The number of hydrogen-bond donors (Lipinski definition) is 0. The second-order valence-electron chi connectivity index (χ2n) is 5.75. The molecule has 0 amide bonds. The zero-order valence-electron chi connectivity index (χ0n) is 13.4. The van der Waals surface area contributed by atoms with Crippen molar-refractivity contribution in [3.8, 4) is 6.07 Å². The van der Waals surface area contributed by atoms with Gasteiger partial charge in [0.1, 0.15) is 6.07 Å². The first kappa shape index (κ1) is 15.8. The Kier molecular flexibility index (Phi) is 5.11. The summed E-state index contributed by atoms with van der Waals surface area (Å²) in [4.78, 5) is 2.37. The van der Waals surface area contributed by atoms with Gasteiger partial charge >= 0.3 is 0 Å². The van der Waals surface area contributed by atoms with Crippen molar-refractivity contribution in [1.29, 1.82) is 5.26 Å². The molecule has 1 fully saturated rings. The van der Waals surface area contributed by atoms with Crippen molar-refractivity contribution in [2.75, 3.05) is 13.1 Å². The van der Waals surface area contributed by atoms with Gasteiger partial charge in [-0.1, -0.05) is 60.7 Å². The molecule has 0 spiro atoms. The van der Waals surface area contributed by atoms with Gasteiger partial charge in [-0.05, 0) is 38.3 Å². The monoisotopic (exact) mass is 320 g/mol. The van der Waals surface area contributed by atoms with E-state index < -0.39 is 7.92 Å². The van der Waals surface area contributed by atoms with E-state index in [1.165, 1.54) is 23.5 Å². The van der Waals surface area contributed by atoms with Crippen molar-refractivity contribution in [2.24, 2.45) is 0 Å². The van der Waals surface area contributed by atoms with E-state index in [1.54, 1.807) is 0 Å². The fraction of sp³-hybridized carbons (Fsp3) is 0.250. The highest BCUT2D eigenvalue weighted by Gasteiger charge is 2.24. The molecule has 1 aliphatic rings. The summed E-state index contributed by atoms with van der Waals surface area (Å²) in [6.07, 6.45) is 2.45. The van der Waals surface area contributed by atoms with Crippen molar-refractivity contribution in [2.45, 2.75) is 19.8 Å². The highest BCUT2D eigenvalue weighted by Crippen LogP contribution is 2.44. The average molecular weight is 320 g/mol. The molecule has 0 aliphatic carbocycles. The predicted molar refractivity (Wildman–Crippen MR) is 98.2 cm³/mol. The topological polar surface area (TPSA) is 27.0 Å². The van der Waals surface area contributed by atoms with Crippen LogP contribution in [-0.2, 0) is 0 Å². The van der Waals surface area contributed by atoms with E-state index in [2.05, 4.69) is 66.4 Å². The fourth-order valence-corrected chi connectivity index (χ4v) is 5.38. The summed E-state index contributed by atoms with van der Waals surface area (Å²) in [5, 5.41) is 13.3. The van der Waals surface area contributed by atoms with Gasteiger partial charge in [0.05, 0.1) is 5.31 Å². The molecule has 0 saturated carbocycles. The molecule has 1 aliphatic heterocycles. The van der Waals surface area contributed by atoms with E-state index >= 15 is 0 Å². The Morgan fingerprint density at radius 3 is 1.83 bits per heavy atom. The minimum atomic E-state index is -0.793. The molecular weight excluding hydrogens is 299 g/mol. The van der Waals surface area contributed by atoms with Crippen LogP contribution >= 0.6 is 7.92 Å². The lowest BCUT2D eigenvalue weighted by Gasteiger charge is -2.25. The van der Waals surface area contributed by atoms with Crippen LogP contribution in [0.15, 0.2) is 71.7 Å². The van der Waals surface area contributed by atoms with E-state index in [1.807, 2.05) is 12.1 Å². The second-order valence-corrected chi connectivity index (χ2v) is 7.90. The zero-order valence-corrected chi connectivity index (χ0v) is 14.3. The number of allylic oxidation sites excluding steroid dienone is 2. The highest BCUT2D eigenvalue weighted by atomic mass is 31.1. The molecule has 3 heteroatoms. The van der Waals surface area contributed by atoms with E-state index in [-0.39, 0.29) is 0 Å². The first-order valence-electron chi connectivity index (χ1n) is 8.07. The summed E-state index contributed by atoms with van der Waals surface area (Å²) >= 11 is 0. The van der Waals surface area contributed by atoms with E-state index in [0.29, 0.717) is 0 Å². The van der Waals surface area contributed by atoms with Crippen LogP contribution in [0.1, 0.15) is 19.8 Å². The zero-order chi connectivity index (χ0) is 16.1. The molecule has 2 aromatic rings. The van der Waals surface area contributed by atoms with Gasteiger partial charge in [-0.3, -0.25) is 0 Å². The van der Waals surface area contributed by atoms with Crippen LogP contribution in [0.25, 0.3) is 0 Å². The summed E-state index contributed by atoms with van der Waals surface area (Å²) < 4.78 is 0. The molecule has 116 valence electrons. The van der Waals surface area contributed by atoms with Gasteiger partial charge in [-0.2, -0.15) is 5.26 Å². The molecule has 2 aromatic carbocycles. The largest absolute Gasteiger partial charge is 0.374 e. The van der Waals surface area contributed by atoms with Crippen LogP contribution in [-0.4, -0.2) is 18.0 Å². The Hall–Kier alpha value is -2.10. The van der Waals surface area contributed by atoms with Gasteiger partial charge in [0.15, 0.2) is 0 Å². The lowest BCUT2D eigenvalue weighted by Crippen LogP contribution is -2.21. The van der Waals surface area contributed by atoms with Crippen LogP contribution in [0.2, 0.25) is 0 Å². The average Bonchev–Trinajstić information content (AvgIpc) is 3.15. The smallest absolute Gasteiger partial charge is 0.102 e. The Morgan fingerprint density at radius 1 is 0.913 bits per heavy atom. The summed E-state index contributed by atoms with van der Waals surface area (Å²) in [6.45, 7) is 4.26. The summed E-state index contributed by atoms with van der Waals surface area (Å²) in [6, 6.07) is 23.4. The maximum Gasteiger partial charge on any atom is 0.102 e. The highest BCUT2D eigenvalue weighted by molar-refractivity contribution is 7.77. The third-order valence-corrected chi connectivity index (χ3v) is 6.78. The van der Waals surface area contributed by atoms with Gasteiger partial charge in [0, 0.05) is 18.8 Å². The summed E-state index contributed by atoms with van der Waals surface area (Å²) in [5.41, 5.74) is 1.16. The summed E-state index contributed by atoms with van der Waals surface area (Å²) in [5.74, 6) is 0. The number of rotatable bonds is 4. The molecule has 0 unspecified atom stereocenters. The van der Waals surface area contributed by atoms with Crippen molar-refractivity contribution >= 4 is 18.5 Å². The second kappa shape index (κ2) is 7.44. The van der Waals surface area contributed by atoms with Crippen LogP contribution in [0.3, 0.4) is 0 Å². The standard InChI is InChI=1S/C20H21N2P/c1-17(22-14-8-9-15-22)20(16-21)23(18-10-4-2-5-11-18)19-12-6-3-7-13-19/h2-7,10-13H,8-9,14-15H2,1H3/b20-17-. The maximum atomic E-state index is 9.93. The Labute approximate surface area is 139 Å². The van der Waals surface area contributed by atoms with E-state index in [0.717, 1.165) is 24.1 Å². The minimum Gasteiger partial charge on any atom is -0.374 e. The molecular formula is C20H21N2P. The lowest BCUT2D eigenvalue weighted by atomic mass is 10.4. The van der Waals surface area contributed by atoms with Crippen molar-refractivity contribution in [1.82, 2.24) is 4.90 Å². The Balaban J connectivity index is 2.10. The third kappa shape index (κ3) is 3.46. The number of nitrogens with zero attached hydrogens (tertiary/aromatic N) is 2. The molecule has 1 heterocycles. The molecule has 2 nitrogen and oxygen atoms in total. The van der Waals surface area contributed by atoms with Gasteiger partial charge in [0.2, 0.25) is 0 Å². The van der Waals surface area contributed by atoms with E-state index in [9.17, 15) is 5.26 Å². The van der Waals surface area contributed by atoms with Crippen LogP contribution in [0.4, 0.5) is 0 Å². The Bertz CT molecular complexity index is 671. The molecule has 0 aromatic heterocycles. The van der Waals surface area contributed by atoms with Gasteiger partial charge in [-0.25, -0.2) is 0 Å². The van der Waals surface area contributed by atoms with Gasteiger partial charge in [0.25, 0.3) is 0 Å². The van der Waals surface area contributed by atoms with Crippen LogP contribution in [0, 0.1) is 11.3 Å². The molecule has 23 heavy (non-hydrogen) atoms. The third-order valence-electron chi connectivity index (χ3n) is 4.28. The number of benzene rings is 2. The quantitative estimate of drug-likeness (QED) is 0.629. The molecule has 0 bridgehead atoms. The summed E-state index contributed by atoms with van der Waals surface area (Å²) in [7, 11) is -0.793. The van der Waals surface area contributed by atoms with Gasteiger partial charge in [-0.15, -0.1) is 0 Å². The molecule has 3 rings (SSSR count). The fourth-order valence-electron chi connectivity index (χ4n) is 3.06. The molecule has 0 N–H and O–H groups in total. The van der Waals surface area contributed by atoms with Crippen molar-refractivity contribution in [3.63, 3.8) is 0 Å². The minimum absolute atomic E-state index is 0.793. The normalized spacial score (nSPS) is 15.4. The molecule has 0 atom stereocenters. The predicted octanol–water partition coefficient (Wildman–Crippen LogP) is 3.97. The van der Waals surface area contributed by atoms with Crippen molar-refractivity contribution < 1.29 is 0 Å². The van der Waals surface area contributed by atoms with Gasteiger partial charge < -0.3 is 4.90 Å². The van der Waals surface area contributed by atoms with E-state index in [4.69, 9.17) is 0 Å². The number of nitriles is 1. The molecule has 0 radical (unpaired) electrons. The number of likely N-dealkylation sites (tertiary alicyclic amines) is 1. The van der Waals surface area contributed by atoms with Crippen LogP contribution < -0.4 is 10.6 Å². The first-order valence-corrected chi connectivity index (χ1v) is 9.41. The maximum absolute atomic E-state index is 9.93. The van der Waals surface area contributed by atoms with Crippen LogP contribution in [0.5, 0.6) is 0 Å². The number of hydrogen-bond acceptors (Lipinski definition) is 2. The first-order chi connectivity index (χ1) is 11.3.